The largest absolute Gasteiger partial charge is 0.394 e. The third-order valence-corrected chi connectivity index (χ3v) is 2.34. The number of aliphatic hydroxyl groups is 1. The second-order valence-corrected chi connectivity index (χ2v) is 3.29. The average molecular weight is 174 g/mol. The fourth-order valence-corrected chi connectivity index (χ4v) is 1.72. The van der Waals surface area contributed by atoms with E-state index in [0.29, 0.717) is 6.61 Å². The van der Waals surface area contributed by atoms with E-state index in [1.807, 2.05) is 6.92 Å². The van der Waals surface area contributed by atoms with Gasteiger partial charge in [0, 0.05) is 6.42 Å². The molecule has 4 unspecified atom stereocenters. The van der Waals surface area contributed by atoms with Gasteiger partial charge in [0.2, 0.25) is 0 Å². The van der Waals surface area contributed by atoms with Crippen molar-refractivity contribution in [3.63, 3.8) is 0 Å². The lowest BCUT2D eigenvalue weighted by Crippen LogP contribution is -2.39. The number of fused-ring (bicyclic) bond motifs is 1. The second kappa shape index (κ2) is 3.30. The van der Waals surface area contributed by atoms with Crippen LogP contribution in [0.5, 0.6) is 0 Å². The fraction of sp³-hybridized carbons (Fsp3) is 1.00. The van der Waals surface area contributed by atoms with Gasteiger partial charge in [-0.1, -0.05) is 0 Å². The maximum absolute atomic E-state index is 8.86. The Morgan fingerprint density at radius 3 is 2.92 bits per heavy atom. The Hall–Kier alpha value is -0.160. The molecular formula is C8H14O4. The predicted molar refractivity (Wildman–Crippen MR) is 40.7 cm³/mol. The molecule has 4 nitrogen and oxygen atoms in total. The van der Waals surface area contributed by atoms with Gasteiger partial charge in [-0.05, 0) is 6.92 Å². The highest BCUT2D eigenvalue weighted by atomic mass is 16.7. The van der Waals surface area contributed by atoms with Crippen molar-refractivity contribution in [3.05, 3.63) is 0 Å². The Bertz CT molecular complexity index is 161. The van der Waals surface area contributed by atoms with Gasteiger partial charge in [-0.25, -0.2) is 0 Å². The molecule has 0 radical (unpaired) electrons. The zero-order valence-electron chi connectivity index (χ0n) is 7.10. The minimum absolute atomic E-state index is 0.0262. The smallest absolute Gasteiger partial charge is 0.155 e. The minimum Gasteiger partial charge on any atom is -0.394 e. The summed E-state index contributed by atoms with van der Waals surface area (Å²) in [5, 5.41) is 8.86. The van der Waals surface area contributed by atoms with E-state index in [4.69, 9.17) is 19.3 Å². The molecule has 2 rings (SSSR count). The van der Waals surface area contributed by atoms with Crippen molar-refractivity contribution in [1.29, 1.82) is 0 Å². The quantitative estimate of drug-likeness (QED) is 0.603. The van der Waals surface area contributed by atoms with Crippen molar-refractivity contribution in [1.82, 2.24) is 0 Å². The van der Waals surface area contributed by atoms with E-state index in [1.54, 1.807) is 0 Å². The van der Waals surface area contributed by atoms with E-state index in [1.165, 1.54) is 0 Å². The summed E-state index contributed by atoms with van der Waals surface area (Å²) in [5.41, 5.74) is 0. The topological polar surface area (TPSA) is 47.9 Å². The molecule has 0 amide bonds. The van der Waals surface area contributed by atoms with Gasteiger partial charge >= 0.3 is 0 Å². The molecule has 4 heteroatoms. The summed E-state index contributed by atoms with van der Waals surface area (Å²) < 4.78 is 16.2. The Kier molecular flexibility index (Phi) is 2.32. The van der Waals surface area contributed by atoms with Crippen LogP contribution < -0.4 is 0 Å². The highest BCUT2D eigenvalue weighted by molar-refractivity contribution is 4.85. The molecule has 0 aromatic rings. The summed E-state index contributed by atoms with van der Waals surface area (Å²) in [7, 11) is 0. The molecule has 1 N–H and O–H groups in total. The standard InChI is InChI=1S/C8H14O4/c1-5-10-4-8-7(11-5)2-6(3-9)12-8/h5-9H,2-4H2,1H3. The van der Waals surface area contributed by atoms with Crippen LogP contribution in [0.25, 0.3) is 0 Å². The molecule has 0 aromatic heterocycles. The van der Waals surface area contributed by atoms with E-state index in [-0.39, 0.29) is 31.2 Å². The number of hydrogen-bond acceptors (Lipinski definition) is 4. The lowest BCUT2D eigenvalue weighted by atomic mass is 10.1. The van der Waals surface area contributed by atoms with Crippen LogP contribution in [0.1, 0.15) is 13.3 Å². The zero-order chi connectivity index (χ0) is 8.55. The number of rotatable bonds is 1. The third-order valence-electron chi connectivity index (χ3n) is 2.34. The molecule has 2 aliphatic rings. The summed E-state index contributed by atoms with van der Waals surface area (Å²) in [6.07, 6.45) is 0.736. The molecule has 12 heavy (non-hydrogen) atoms. The molecule has 4 atom stereocenters. The molecule has 0 aromatic carbocycles. The highest BCUT2D eigenvalue weighted by Gasteiger charge is 2.39. The van der Waals surface area contributed by atoms with E-state index >= 15 is 0 Å². The van der Waals surface area contributed by atoms with Crippen LogP contribution in [0.15, 0.2) is 0 Å². The molecule has 0 bridgehead atoms. The number of hydrogen-bond donors (Lipinski definition) is 1. The van der Waals surface area contributed by atoms with Crippen LogP contribution in [0.4, 0.5) is 0 Å². The molecule has 0 saturated carbocycles. The van der Waals surface area contributed by atoms with Gasteiger partial charge < -0.3 is 19.3 Å². The van der Waals surface area contributed by atoms with Crippen LogP contribution in [-0.2, 0) is 14.2 Å². The van der Waals surface area contributed by atoms with Gasteiger partial charge in [-0.2, -0.15) is 0 Å². The maximum Gasteiger partial charge on any atom is 0.155 e. The first-order valence-electron chi connectivity index (χ1n) is 4.33. The molecule has 0 spiro atoms. The van der Waals surface area contributed by atoms with Crippen LogP contribution in [0.2, 0.25) is 0 Å². The molecule has 2 heterocycles. The summed E-state index contributed by atoms with van der Waals surface area (Å²) in [6.45, 7) is 2.54. The molecule has 0 aliphatic carbocycles. The van der Waals surface area contributed by atoms with E-state index in [0.717, 1.165) is 6.42 Å². The Balaban J connectivity index is 1.93. The van der Waals surface area contributed by atoms with E-state index in [9.17, 15) is 0 Å². The van der Waals surface area contributed by atoms with Gasteiger partial charge in [0.05, 0.1) is 25.4 Å². The minimum atomic E-state index is -0.132. The Labute approximate surface area is 71.4 Å². The Morgan fingerprint density at radius 2 is 2.17 bits per heavy atom. The average Bonchev–Trinajstić information content (AvgIpc) is 2.46. The highest BCUT2D eigenvalue weighted by Crippen LogP contribution is 2.27. The van der Waals surface area contributed by atoms with Crippen molar-refractivity contribution >= 4 is 0 Å². The normalized spacial score (nSPS) is 47.5. The van der Waals surface area contributed by atoms with Crippen LogP contribution >= 0.6 is 0 Å². The number of aliphatic hydroxyl groups excluding tert-OH is 1. The van der Waals surface area contributed by atoms with E-state index < -0.39 is 0 Å². The van der Waals surface area contributed by atoms with Crippen molar-refractivity contribution in [2.75, 3.05) is 13.2 Å². The van der Waals surface area contributed by atoms with Gasteiger partial charge in [0.25, 0.3) is 0 Å². The summed E-state index contributed by atoms with van der Waals surface area (Å²) in [4.78, 5) is 0. The third kappa shape index (κ3) is 1.47. The first-order chi connectivity index (χ1) is 5.79. The predicted octanol–water partition coefficient (Wildman–Crippen LogP) is -0.102. The van der Waals surface area contributed by atoms with Crippen molar-refractivity contribution < 1.29 is 19.3 Å². The van der Waals surface area contributed by atoms with Gasteiger partial charge in [-0.15, -0.1) is 0 Å². The van der Waals surface area contributed by atoms with Crippen molar-refractivity contribution in [3.8, 4) is 0 Å². The maximum atomic E-state index is 8.86. The summed E-state index contributed by atoms with van der Waals surface area (Å²) in [5.74, 6) is 0. The first kappa shape index (κ1) is 8.44. The van der Waals surface area contributed by atoms with Crippen LogP contribution in [0.3, 0.4) is 0 Å². The van der Waals surface area contributed by atoms with Crippen LogP contribution in [0, 0.1) is 0 Å². The molecule has 2 fully saturated rings. The molecule has 2 aliphatic heterocycles. The van der Waals surface area contributed by atoms with Gasteiger partial charge in [0.1, 0.15) is 6.10 Å². The fourth-order valence-electron chi connectivity index (χ4n) is 1.72. The van der Waals surface area contributed by atoms with Crippen molar-refractivity contribution in [2.24, 2.45) is 0 Å². The van der Waals surface area contributed by atoms with Crippen LogP contribution in [-0.4, -0.2) is 42.9 Å². The molecular weight excluding hydrogens is 160 g/mol. The SMILES string of the molecule is CC1OCC2OC(CO)CC2O1. The van der Waals surface area contributed by atoms with Gasteiger partial charge in [-0.3, -0.25) is 0 Å². The monoisotopic (exact) mass is 174 g/mol. The van der Waals surface area contributed by atoms with Gasteiger partial charge in [0.15, 0.2) is 6.29 Å². The lowest BCUT2D eigenvalue weighted by Gasteiger charge is -2.29. The summed E-state index contributed by atoms with van der Waals surface area (Å²) >= 11 is 0. The zero-order valence-corrected chi connectivity index (χ0v) is 7.10. The second-order valence-electron chi connectivity index (χ2n) is 3.29. The lowest BCUT2D eigenvalue weighted by molar-refractivity contribution is -0.231. The molecule has 2 saturated heterocycles. The Morgan fingerprint density at radius 1 is 1.33 bits per heavy atom. The number of ether oxygens (including phenoxy) is 3. The van der Waals surface area contributed by atoms with E-state index in [2.05, 4.69) is 0 Å². The molecule has 70 valence electrons. The first-order valence-corrected chi connectivity index (χ1v) is 4.33. The van der Waals surface area contributed by atoms with Crippen molar-refractivity contribution in [2.45, 2.75) is 37.9 Å². The summed E-state index contributed by atoms with van der Waals surface area (Å²) in [6, 6.07) is 0.